The number of carboxylic acid groups (broad SMARTS) is 1. The van der Waals surface area contributed by atoms with Crippen molar-refractivity contribution in [1.29, 1.82) is 0 Å². The number of fused-ring (bicyclic) bond motifs is 1. The van der Waals surface area contributed by atoms with E-state index in [4.69, 9.17) is 0 Å². The molecular formula is C17H18N4O5S5. The third-order valence-electron chi connectivity index (χ3n) is 4.96. The number of aromatic nitrogens is 2. The summed E-state index contributed by atoms with van der Waals surface area (Å²) in [4.78, 5) is 43.2. The van der Waals surface area contributed by atoms with Gasteiger partial charge in [-0.2, -0.15) is 4.37 Å². The number of thioether (sulfide) groups is 2. The number of hydrogen-bond acceptors (Lipinski definition) is 10. The van der Waals surface area contributed by atoms with Crippen molar-refractivity contribution in [3.8, 4) is 0 Å². The lowest BCUT2D eigenvalue weighted by molar-refractivity contribution is -0.161. The average Bonchev–Trinajstić information content (AvgIpc) is 3.41. The van der Waals surface area contributed by atoms with Crippen LogP contribution in [0.3, 0.4) is 0 Å². The lowest BCUT2D eigenvalue weighted by Gasteiger charge is -2.55. The smallest absolute Gasteiger partial charge is 0.313 e. The van der Waals surface area contributed by atoms with Gasteiger partial charge in [-0.3, -0.25) is 14.4 Å². The Balaban J connectivity index is 1.50. The number of thiophene rings is 1. The molecule has 166 valence electrons. The van der Waals surface area contributed by atoms with Gasteiger partial charge in [0.15, 0.2) is 21.4 Å². The highest BCUT2D eigenvalue weighted by Gasteiger charge is 2.60. The van der Waals surface area contributed by atoms with Gasteiger partial charge in [0.1, 0.15) is 20.8 Å². The van der Waals surface area contributed by atoms with E-state index < -0.39 is 39.7 Å². The molecule has 4 atom stereocenters. The minimum atomic E-state index is -1.78. The molecule has 0 aliphatic carbocycles. The molecule has 3 unspecified atom stereocenters. The van der Waals surface area contributed by atoms with E-state index >= 15 is 0 Å². The van der Waals surface area contributed by atoms with Gasteiger partial charge in [-0.05, 0) is 29.9 Å². The normalized spacial score (nSPS) is 26.1. The van der Waals surface area contributed by atoms with Gasteiger partial charge in [0.2, 0.25) is 5.91 Å². The molecule has 4 heterocycles. The molecular weight excluding hydrogens is 501 g/mol. The summed E-state index contributed by atoms with van der Waals surface area (Å²) in [5.41, 5.74) is -1.14. The zero-order valence-electron chi connectivity index (χ0n) is 16.4. The Morgan fingerprint density at radius 1 is 1.48 bits per heavy atom. The number of nitrogens with zero attached hydrogens (tertiary/aromatic N) is 4. The first kappa shape index (κ1) is 22.7. The molecule has 0 spiro atoms. The fourth-order valence-electron chi connectivity index (χ4n) is 3.38. The van der Waals surface area contributed by atoms with Crippen molar-refractivity contribution in [2.24, 2.45) is 5.41 Å². The standard InChI is InChI=1S/C17H18N4O5S5/c1-9-18-16(30-19-9)29-8-17(15(24)25)6-20-13(23)12(14(20)28-7-17)21(10(2)22)31(26)11-4-3-5-27-11/h3-5,12,14H,6-8H2,1-2H3,(H,24,25)/t12?,14-,17?,31?/m1/s1. The molecule has 2 saturated heterocycles. The maximum Gasteiger partial charge on any atom is 0.313 e. The Hall–Kier alpha value is -1.48. The number of hydrogen-bond donors (Lipinski definition) is 1. The second-order valence-electron chi connectivity index (χ2n) is 7.12. The number of rotatable bonds is 7. The van der Waals surface area contributed by atoms with E-state index in [-0.39, 0.29) is 24.0 Å². The van der Waals surface area contributed by atoms with Crippen LogP contribution in [0, 0.1) is 12.3 Å². The third-order valence-corrected chi connectivity index (χ3v) is 11.4. The predicted molar refractivity (Wildman–Crippen MR) is 120 cm³/mol. The van der Waals surface area contributed by atoms with Gasteiger partial charge in [0.05, 0.1) is 0 Å². The zero-order valence-corrected chi connectivity index (χ0v) is 20.5. The van der Waals surface area contributed by atoms with Crippen LogP contribution >= 0.6 is 46.4 Å². The van der Waals surface area contributed by atoms with Crippen LogP contribution in [0.15, 0.2) is 26.1 Å². The minimum absolute atomic E-state index is 0.0392. The van der Waals surface area contributed by atoms with Crippen LogP contribution in [-0.4, -0.2) is 75.1 Å². The van der Waals surface area contributed by atoms with Gasteiger partial charge in [0.25, 0.3) is 5.91 Å². The number of aliphatic carboxylic acids is 1. The predicted octanol–water partition coefficient (Wildman–Crippen LogP) is 1.93. The highest BCUT2D eigenvalue weighted by atomic mass is 32.2. The molecule has 2 fully saturated rings. The minimum Gasteiger partial charge on any atom is -0.481 e. The Morgan fingerprint density at radius 3 is 2.84 bits per heavy atom. The number of amides is 2. The van der Waals surface area contributed by atoms with Crippen molar-refractivity contribution in [1.82, 2.24) is 18.6 Å². The lowest BCUT2D eigenvalue weighted by atomic mass is 9.89. The van der Waals surface area contributed by atoms with Crippen molar-refractivity contribution in [3.05, 3.63) is 23.3 Å². The van der Waals surface area contributed by atoms with Gasteiger partial charge in [0, 0.05) is 25.0 Å². The summed E-state index contributed by atoms with van der Waals surface area (Å²) in [6, 6.07) is 2.53. The van der Waals surface area contributed by atoms with E-state index in [2.05, 4.69) is 9.36 Å². The van der Waals surface area contributed by atoms with Crippen LogP contribution in [0.2, 0.25) is 0 Å². The van der Waals surface area contributed by atoms with Gasteiger partial charge in [-0.1, -0.05) is 17.8 Å². The van der Waals surface area contributed by atoms with E-state index in [1.165, 1.54) is 58.2 Å². The van der Waals surface area contributed by atoms with Gasteiger partial charge < -0.3 is 10.0 Å². The molecule has 9 nitrogen and oxygen atoms in total. The molecule has 4 rings (SSSR count). The van der Waals surface area contributed by atoms with Crippen molar-refractivity contribution in [3.63, 3.8) is 0 Å². The van der Waals surface area contributed by atoms with Crippen molar-refractivity contribution < 1.29 is 23.7 Å². The summed E-state index contributed by atoms with van der Waals surface area (Å²) in [5.74, 6) is -0.645. The lowest BCUT2D eigenvalue weighted by Crippen LogP contribution is -2.74. The van der Waals surface area contributed by atoms with Crippen molar-refractivity contribution in [2.45, 2.75) is 33.8 Å². The fraction of sp³-hybridized carbons (Fsp3) is 0.471. The van der Waals surface area contributed by atoms with Crippen molar-refractivity contribution >= 4 is 75.2 Å². The summed E-state index contributed by atoms with van der Waals surface area (Å²) in [6.07, 6.45) is 0. The highest BCUT2D eigenvalue weighted by Crippen LogP contribution is 2.46. The largest absolute Gasteiger partial charge is 0.481 e. The first-order chi connectivity index (χ1) is 14.7. The molecule has 1 N–H and O–H groups in total. The molecule has 2 aromatic rings. The Labute approximate surface area is 197 Å². The molecule has 2 aliphatic heterocycles. The number of aryl methyl sites for hydroxylation is 1. The van der Waals surface area contributed by atoms with Crippen LogP contribution in [0.5, 0.6) is 0 Å². The van der Waals surface area contributed by atoms with Gasteiger partial charge in [-0.15, -0.1) is 23.1 Å². The third kappa shape index (κ3) is 4.15. The second-order valence-corrected chi connectivity index (χ2v) is 12.7. The van der Waals surface area contributed by atoms with Crippen LogP contribution < -0.4 is 0 Å². The first-order valence-corrected chi connectivity index (χ1v) is 13.9. The summed E-state index contributed by atoms with van der Waals surface area (Å²) < 4.78 is 19.3. The van der Waals surface area contributed by atoms with Gasteiger partial charge >= 0.3 is 5.97 Å². The molecule has 2 aromatic heterocycles. The van der Waals surface area contributed by atoms with Crippen LogP contribution in [-0.2, 0) is 25.4 Å². The molecule has 0 bridgehead atoms. The molecule has 2 aliphatic rings. The fourth-order valence-corrected chi connectivity index (χ4v) is 9.23. The van der Waals surface area contributed by atoms with E-state index in [9.17, 15) is 23.7 Å². The van der Waals surface area contributed by atoms with Crippen LogP contribution in [0.1, 0.15) is 12.7 Å². The summed E-state index contributed by atoms with van der Waals surface area (Å²) in [6.45, 7) is 3.10. The first-order valence-electron chi connectivity index (χ1n) is 9.07. The highest BCUT2D eigenvalue weighted by molar-refractivity contribution is 8.01. The molecule has 0 aromatic carbocycles. The number of carboxylic acids is 1. The van der Waals surface area contributed by atoms with E-state index in [0.29, 0.717) is 14.4 Å². The average molecular weight is 519 g/mol. The molecule has 31 heavy (non-hydrogen) atoms. The molecule has 14 heteroatoms. The number of carbonyl (C=O) groups is 3. The second kappa shape index (κ2) is 8.81. The maximum absolute atomic E-state index is 13.0. The van der Waals surface area contributed by atoms with E-state index in [0.717, 1.165) is 4.31 Å². The Morgan fingerprint density at radius 2 is 2.26 bits per heavy atom. The molecule has 2 amide bonds. The van der Waals surface area contributed by atoms with Gasteiger partial charge in [-0.25, -0.2) is 13.5 Å². The van der Waals surface area contributed by atoms with E-state index in [1.54, 1.807) is 24.4 Å². The Bertz CT molecular complexity index is 1040. The summed E-state index contributed by atoms with van der Waals surface area (Å²) >= 11 is 5.11. The monoisotopic (exact) mass is 518 g/mol. The maximum atomic E-state index is 13.0. The van der Waals surface area contributed by atoms with Crippen LogP contribution in [0.4, 0.5) is 0 Å². The summed E-state index contributed by atoms with van der Waals surface area (Å²) in [7, 11) is -1.78. The molecule has 0 saturated carbocycles. The quantitative estimate of drug-likeness (QED) is 0.433. The summed E-state index contributed by atoms with van der Waals surface area (Å²) in [5, 5.41) is 11.3. The van der Waals surface area contributed by atoms with E-state index in [1.807, 2.05) is 0 Å². The SMILES string of the molecule is CC(=O)N(C1C(=O)N2CC(CSc3nc(C)ns3)(C(=O)O)CS[C@H]12)S(=O)c1cccs1. The number of carbonyl (C=O) groups excluding carboxylic acids is 2. The number of β-lactam (4-membered cyclic amide) rings is 1. The topological polar surface area (TPSA) is 121 Å². The Kier molecular flexibility index (Phi) is 6.45. The van der Waals surface area contributed by atoms with Crippen molar-refractivity contribution in [2.75, 3.05) is 18.1 Å². The molecule has 0 radical (unpaired) electrons. The van der Waals surface area contributed by atoms with Crippen LogP contribution in [0.25, 0.3) is 0 Å². The zero-order chi connectivity index (χ0) is 22.3.